The van der Waals surface area contributed by atoms with Crippen LogP contribution in [0, 0.1) is 0 Å². The third-order valence-corrected chi connectivity index (χ3v) is 2.57. The van der Waals surface area contributed by atoms with Crippen molar-refractivity contribution in [3.8, 4) is 0 Å². The molecule has 4 nitrogen and oxygen atoms in total. The smallest absolute Gasteiger partial charge is 0.321 e. The highest BCUT2D eigenvalue weighted by Crippen LogP contribution is 2.29. The van der Waals surface area contributed by atoms with Crippen LogP contribution in [0.2, 0.25) is 0 Å². The molecule has 1 aromatic carbocycles. The lowest BCUT2D eigenvalue weighted by Gasteiger charge is -2.07. The number of nitrogens with zero attached hydrogens (tertiary/aromatic N) is 2. The van der Waals surface area contributed by atoms with Crippen LogP contribution in [0.4, 0.5) is 18.9 Å². The average molecular weight is 273 g/mol. The number of nitrogens with one attached hydrogen (secondary N) is 1. The van der Waals surface area contributed by atoms with E-state index in [0.717, 1.165) is 23.7 Å². The van der Waals surface area contributed by atoms with Gasteiger partial charge in [0.1, 0.15) is 0 Å². The number of aromatic nitrogens is 2. The molecule has 1 amide bonds. The molecular formula is C10H6F3N3OS. The predicted octanol–water partition coefficient (Wildman–Crippen LogP) is 2.81. The van der Waals surface area contributed by atoms with Crippen LogP contribution in [0.25, 0.3) is 0 Å². The highest BCUT2D eigenvalue weighted by Gasteiger charge is 2.29. The second-order valence-corrected chi connectivity index (χ2v) is 3.93. The Bertz CT molecular complexity index is 536. The zero-order valence-electron chi connectivity index (χ0n) is 8.73. The third-order valence-electron chi connectivity index (χ3n) is 2.06. The zero-order valence-corrected chi connectivity index (χ0v) is 9.55. The van der Waals surface area contributed by atoms with E-state index in [0.29, 0.717) is 0 Å². The molecule has 0 bridgehead atoms. The summed E-state index contributed by atoms with van der Waals surface area (Å²) in [5, 5.41) is 7.41. The summed E-state index contributed by atoms with van der Waals surface area (Å²) in [5.41, 5.74) is -0.378. The lowest BCUT2D eigenvalue weighted by Crippen LogP contribution is -2.12. The van der Waals surface area contributed by atoms with Crippen molar-refractivity contribution >= 4 is 23.1 Å². The maximum atomic E-state index is 12.3. The molecule has 0 atom stereocenters. The van der Waals surface area contributed by atoms with E-state index < -0.39 is 17.6 Å². The van der Waals surface area contributed by atoms with Gasteiger partial charge in [0.25, 0.3) is 5.91 Å². The van der Waals surface area contributed by atoms with Crippen LogP contribution in [0.15, 0.2) is 29.6 Å². The minimum Gasteiger partial charge on any atom is -0.321 e. The Labute approximate surface area is 104 Å². The minimum absolute atomic E-state index is 0.125. The van der Waals surface area contributed by atoms with Crippen LogP contribution in [0.3, 0.4) is 0 Å². The van der Waals surface area contributed by atoms with Crippen molar-refractivity contribution in [3.63, 3.8) is 0 Å². The number of carbonyl (C=O) groups excluding carboxylic acids is 1. The standard InChI is InChI=1S/C10H6F3N3OS/c11-10(12,13)6-1-3-7(4-2-6)14-9(17)8-5-18-16-15-8/h1-5H,(H,14,17). The highest BCUT2D eigenvalue weighted by atomic mass is 32.1. The van der Waals surface area contributed by atoms with Gasteiger partial charge >= 0.3 is 6.18 Å². The van der Waals surface area contributed by atoms with Crippen molar-refractivity contribution < 1.29 is 18.0 Å². The lowest BCUT2D eigenvalue weighted by atomic mass is 10.2. The summed E-state index contributed by atoms with van der Waals surface area (Å²) in [7, 11) is 0. The van der Waals surface area contributed by atoms with Gasteiger partial charge in [0.15, 0.2) is 5.69 Å². The van der Waals surface area contributed by atoms with Gasteiger partial charge in [0.2, 0.25) is 0 Å². The van der Waals surface area contributed by atoms with Gasteiger partial charge in [-0.25, -0.2) is 0 Å². The van der Waals surface area contributed by atoms with E-state index in [-0.39, 0.29) is 11.4 Å². The molecule has 0 aliphatic carbocycles. The molecule has 0 saturated heterocycles. The minimum atomic E-state index is -4.39. The van der Waals surface area contributed by atoms with Crippen LogP contribution >= 0.6 is 11.5 Å². The number of alkyl halides is 3. The number of amides is 1. The summed E-state index contributed by atoms with van der Waals surface area (Å²) >= 11 is 1.01. The molecule has 2 rings (SSSR count). The van der Waals surface area contributed by atoms with Crippen LogP contribution in [0.1, 0.15) is 16.1 Å². The molecule has 2 aromatic rings. The summed E-state index contributed by atoms with van der Waals surface area (Å²) in [5.74, 6) is -0.511. The number of hydrogen-bond acceptors (Lipinski definition) is 4. The van der Waals surface area contributed by atoms with Gasteiger partial charge in [-0.3, -0.25) is 4.79 Å². The maximum absolute atomic E-state index is 12.3. The van der Waals surface area contributed by atoms with E-state index in [1.165, 1.54) is 17.5 Å². The Morgan fingerprint density at radius 1 is 1.22 bits per heavy atom. The molecule has 1 heterocycles. The van der Waals surface area contributed by atoms with Gasteiger partial charge in [-0.05, 0) is 35.8 Å². The molecule has 0 radical (unpaired) electrons. The molecule has 0 aliphatic rings. The molecule has 0 aliphatic heterocycles. The van der Waals surface area contributed by atoms with Crippen molar-refractivity contribution in [1.82, 2.24) is 9.59 Å². The number of anilines is 1. The number of hydrogen-bond donors (Lipinski definition) is 1. The largest absolute Gasteiger partial charge is 0.416 e. The molecule has 1 N–H and O–H groups in total. The van der Waals surface area contributed by atoms with Gasteiger partial charge < -0.3 is 5.32 Å². The molecule has 0 unspecified atom stereocenters. The summed E-state index contributed by atoms with van der Waals surface area (Å²) in [6, 6.07) is 4.16. The quantitative estimate of drug-likeness (QED) is 0.915. The van der Waals surface area contributed by atoms with Crippen LogP contribution in [-0.4, -0.2) is 15.5 Å². The number of halogens is 3. The van der Waals surface area contributed by atoms with Crippen LogP contribution < -0.4 is 5.32 Å². The Kier molecular flexibility index (Phi) is 3.28. The van der Waals surface area contributed by atoms with Gasteiger partial charge in [0, 0.05) is 11.1 Å². The van der Waals surface area contributed by atoms with Crippen molar-refractivity contribution in [2.75, 3.05) is 5.32 Å². The SMILES string of the molecule is O=C(Nc1ccc(C(F)(F)F)cc1)c1csnn1. The molecule has 8 heteroatoms. The first-order valence-electron chi connectivity index (χ1n) is 4.72. The fourth-order valence-corrected chi connectivity index (χ4v) is 1.64. The second kappa shape index (κ2) is 4.73. The van der Waals surface area contributed by atoms with Gasteiger partial charge in [-0.15, -0.1) is 5.10 Å². The van der Waals surface area contributed by atoms with Gasteiger partial charge in [0.05, 0.1) is 5.56 Å². The van der Waals surface area contributed by atoms with Crippen LogP contribution in [-0.2, 0) is 6.18 Å². The summed E-state index contributed by atoms with van der Waals surface area (Å²) < 4.78 is 40.4. The molecule has 0 fully saturated rings. The topological polar surface area (TPSA) is 54.9 Å². The highest BCUT2D eigenvalue weighted by molar-refractivity contribution is 7.03. The van der Waals surface area contributed by atoms with Crippen molar-refractivity contribution in [1.29, 1.82) is 0 Å². The summed E-state index contributed by atoms with van der Waals surface area (Å²) in [6.07, 6.45) is -4.39. The maximum Gasteiger partial charge on any atom is 0.416 e. The number of benzene rings is 1. The molecule has 0 saturated carbocycles. The Hall–Kier alpha value is -1.96. The first-order valence-corrected chi connectivity index (χ1v) is 5.56. The molecule has 0 spiro atoms. The predicted molar refractivity (Wildman–Crippen MR) is 59.3 cm³/mol. The van der Waals surface area contributed by atoms with E-state index in [1.807, 2.05) is 0 Å². The van der Waals surface area contributed by atoms with E-state index in [4.69, 9.17) is 0 Å². The Balaban J connectivity index is 2.09. The first-order chi connectivity index (χ1) is 8.47. The van der Waals surface area contributed by atoms with Crippen LogP contribution in [0.5, 0.6) is 0 Å². The third kappa shape index (κ3) is 2.83. The zero-order chi connectivity index (χ0) is 13.2. The van der Waals surface area contributed by atoms with E-state index in [1.54, 1.807) is 0 Å². The molecule has 1 aromatic heterocycles. The Morgan fingerprint density at radius 3 is 2.39 bits per heavy atom. The molecule has 94 valence electrons. The Morgan fingerprint density at radius 2 is 1.89 bits per heavy atom. The second-order valence-electron chi connectivity index (χ2n) is 3.32. The fourth-order valence-electron chi connectivity index (χ4n) is 1.20. The first kappa shape index (κ1) is 12.5. The fraction of sp³-hybridized carbons (Fsp3) is 0.100. The number of carbonyl (C=O) groups is 1. The van der Waals surface area contributed by atoms with E-state index in [2.05, 4.69) is 14.9 Å². The van der Waals surface area contributed by atoms with E-state index >= 15 is 0 Å². The molecule has 18 heavy (non-hydrogen) atoms. The average Bonchev–Trinajstić information content (AvgIpc) is 2.82. The summed E-state index contributed by atoms with van der Waals surface area (Å²) in [4.78, 5) is 11.5. The van der Waals surface area contributed by atoms with Crippen molar-refractivity contribution in [3.05, 3.63) is 40.9 Å². The monoisotopic (exact) mass is 273 g/mol. The normalized spacial score (nSPS) is 11.3. The summed E-state index contributed by atoms with van der Waals surface area (Å²) in [6.45, 7) is 0. The molecular weight excluding hydrogens is 267 g/mol. The van der Waals surface area contributed by atoms with Gasteiger partial charge in [-0.2, -0.15) is 13.2 Å². The van der Waals surface area contributed by atoms with E-state index in [9.17, 15) is 18.0 Å². The van der Waals surface area contributed by atoms with Crippen molar-refractivity contribution in [2.45, 2.75) is 6.18 Å². The van der Waals surface area contributed by atoms with Gasteiger partial charge in [-0.1, -0.05) is 4.49 Å². The van der Waals surface area contributed by atoms with Crippen molar-refractivity contribution in [2.24, 2.45) is 0 Å². The lowest BCUT2D eigenvalue weighted by molar-refractivity contribution is -0.137. The number of rotatable bonds is 2.